The third-order valence-electron chi connectivity index (χ3n) is 2.05. The molecule has 0 aromatic carbocycles. The zero-order valence-corrected chi connectivity index (χ0v) is 7.38. The van der Waals surface area contributed by atoms with E-state index < -0.39 is 0 Å². The molecule has 1 aromatic rings. The summed E-state index contributed by atoms with van der Waals surface area (Å²) in [6.45, 7) is 0. The molecule has 0 saturated heterocycles. The van der Waals surface area contributed by atoms with Crippen LogP contribution >= 0.6 is 12.4 Å². The lowest BCUT2D eigenvalue weighted by Gasteiger charge is -2.22. The first-order valence-electron chi connectivity index (χ1n) is 3.79. The van der Waals surface area contributed by atoms with Gasteiger partial charge in [0.15, 0.2) is 0 Å². The minimum absolute atomic E-state index is 0. The fraction of sp³-hybridized carbons (Fsp3) is 0.333. The lowest BCUT2D eigenvalue weighted by atomic mass is 9.81. The molecule has 0 atom stereocenters. The fourth-order valence-electron chi connectivity index (χ4n) is 1.32. The highest BCUT2D eigenvalue weighted by atomic mass is 35.5. The molecule has 1 saturated carbocycles. The number of hydrogen-bond donors (Lipinski definition) is 0. The van der Waals surface area contributed by atoms with Gasteiger partial charge in [-0.2, -0.15) is 0 Å². The Hall–Kier alpha value is -0.890. The topological polar surface area (TPSA) is 30.0 Å². The van der Waals surface area contributed by atoms with E-state index in [1.807, 2.05) is 18.2 Å². The Kier molecular flexibility index (Phi) is 2.82. The maximum Gasteiger partial charge on any atom is 0.134 e. The van der Waals surface area contributed by atoms with Crippen LogP contribution in [0.4, 0.5) is 0 Å². The number of halogens is 1. The van der Waals surface area contributed by atoms with Gasteiger partial charge in [-0.15, -0.1) is 12.4 Å². The van der Waals surface area contributed by atoms with Crippen molar-refractivity contribution >= 4 is 18.2 Å². The quantitative estimate of drug-likeness (QED) is 0.666. The lowest BCUT2D eigenvalue weighted by Crippen LogP contribution is -2.21. The van der Waals surface area contributed by atoms with Gasteiger partial charge in [0.25, 0.3) is 0 Å². The van der Waals surface area contributed by atoms with Gasteiger partial charge in [0.2, 0.25) is 0 Å². The zero-order chi connectivity index (χ0) is 7.68. The van der Waals surface area contributed by atoms with Crippen LogP contribution in [0, 0.1) is 0 Å². The molecule has 1 aliphatic carbocycles. The van der Waals surface area contributed by atoms with Crippen LogP contribution < -0.4 is 0 Å². The number of nitrogens with zero attached hydrogens (tertiary/aromatic N) is 1. The van der Waals surface area contributed by atoms with E-state index in [-0.39, 0.29) is 12.4 Å². The summed E-state index contributed by atoms with van der Waals surface area (Å²) in [5.74, 6) is 0.768. The van der Waals surface area contributed by atoms with E-state index in [4.69, 9.17) is 0 Å². The number of carbonyl (C=O) groups is 1. The number of pyridine rings is 1. The Morgan fingerprint density at radius 1 is 1.33 bits per heavy atom. The van der Waals surface area contributed by atoms with Crippen LogP contribution in [0.3, 0.4) is 0 Å². The molecule has 0 radical (unpaired) electrons. The van der Waals surface area contributed by atoms with Crippen LogP contribution in [0.25, 0.3) is 0 Å². The van der Waals surface area contributed by atoms with Gasteiger partial charge < -0.3 is 0 Å². The van der Waals surface area contributed by atoms with Crippen molar-refractivity contribution in [1.82, 2.24) is 4.98 Å². The predicted molar refractivity (Wildman–Crippen MR) is 48.5 cm³/mol. The van der Waals surface area contributed by atoms with Crippen molar-refractivity contribution < 1.29 is 4.79 Å². The third kappa shape index (κ3) is 1.64. The average molecular weight is 184 g/mol. The first-order valence-corrected chi connectivity index (χ1v) is 3.79. The highest BCUT2D eigenvalue weighted by Gasteiger charge is 2.28. The molecule has 1 fully saturated rings. The molecule has 1 aromatic heterocycles. The standard InChI is InChI=1S/C9H9NO.ClH/c11-8-5-7(6-8)9-3-1-2-4-10-9;/h1-4,7H,5-6H2;1H. The third-order valence-corrected chi connectivity index (χ3v) is 2.05. The Morgan fingerprint density at radius 2 is 2.08 bits per heavy atom. The molecule has 64 valence electrons. The molecular formula is C9H10ClNO. The van der Waals surface area contributed by atoms with Gasteiger partial charge in [-0.3, -0.25) is 9.78 Å². The summed E-state index contributed by atoms with van der Waals surface area (Å²) in [4.78, 5) is 14.8. The van der Waals surface area contributed by atoms with Crippen LogP contribution in [0.2, 0.25) is 0 Å². The Balaban J connectivity index is 0.000000720. The minimum atomic E-state index is 0. The molecule has 0 bridgehead atoms. The average Bonchev–Trinajstić information content (AvgIpc) is 2.01. The van der Waals surface area contributed by atoms with Gasteiger partial charge >= 0.3 is 0 Å². The number of carbonyl (C=O) groups excluding carboxylic acids is 1. The van der Waals surface area contributed by atoms with Crippen molar-refractivity contribution in [2.45, 2.75) is 18.8 Å². The number of hydrogen-bond acceptors (Lipinski definition) is 2. The van der Waals surface area contributed by atoms with Gasteiger partial charge in [0, 0.05) is 30.7 Å². The summed E-state index contributed by atoms with van der Waals surface area (Å²) in [7, 11) is 0. The van der Waals surface area contributed by atoms with Crippen molar-refractivity contribution in [3.8, 4) is 0 Å². The van der Waals surface area contributed by atoms with Crippen LogP contribution in [0.5, 0.6) is 0 Å². The molecule has 3 heteroatoms. The van der Waals surface area contributed by atoms with Crippen molar-refractivity contribution in [3.63, 3.8) is 0 Å². The van der Waals surface area contributed by atoms with Gasteiger partial charge in [-0.1, -0.05) is 6.07 Å². The van der Waals surface area contributed by atoms with Crippen LogP contribution in [0.1, 0.15) is 24.5 Å². The summed E-state index contributed by atoms with van der Waals surface area (Å²) < 4.78 is 0. The number of Topliss-reactive ketones (excluding diaryl/α,β-unsaturated/α-hetero) is 1. The predicted octanol–water partition coefficient (Wildman–Crippen LogP) is 1.95. The van der Waals surface area contributed by atoms with Crippen molar-refractivity contribution in [2.24, 2.45) is 0 Å². The summed E-state index contributed by atoms with van der Waals surface area (Å²) in [6.07, 6.45) is 3.16. The first kappa shape index (κ1) is 9.20. The van der Waals surface area contributed by atoms with Crippen LogP contribution in [-0.2, 0) is 4.79 Å². The summed E-state index contributed by atoms with van der Waals surface area (Å²) in [6, 6.07) is 5.84. The van der Waals surface area contributed by atoms with E-state index in [0.29, 0.717) is 24.5 Å². The second-order valence-corrected chi connectivity index (χ2v) is 2.90. The molecule has 0 N–H and O–H groups in total. The summed E-state index contributed by atoms with van der Waals surface area (Å²) in [5.41, 5.74) is 1.06. The summed E-state index contributed by atoms with van der Waals surface area (Å²) >= 11 is 0. The molecule has 0 amide bonds. The first-order chi connectivity index (χ1) is 5.36. The van der Waals surface area contributed by atoms with Gasteiger partial charge in [0.05, 0.1) is 0 Å². The molecule has 2 rings (SSSR count). The fourth-order valence-corrected chi connectivity index (χ4v) is 1.32. The molecule has 1 aliphatic rings. The number of aromatic nitrogens is 1. The van der Waals surface area contributed by atoms with Gasteiger partial charge in [0.1, 0.15) is 5.78 Å². The van der Waals surface area contributed by atoms with E-state index in [9.17, 15) is 4.79 Å². The van der Waals surface area contributed by atoms with E-state index in [1.165, 1.54) is 0 Å². The Morgan fingerprint density at radius 3 is 2.58 bits per heavy atom. The summed E-state index contributed by atoms with van der Waals surface area (Å²) in [5, 5.41) is 0. The minimum Gasteiger partial charge on any atom is -0.300 e. The van der Waals surface area contributed by atoms with E-state index in [1.54, 1.807) is 6.20 Å². The lowest BCUT2D eigenvalue weighted by molar-refractivity contribution is -0.124. The zero-order valence-electron chi connectivity index (χ0n) is 6.56. The van der Waals surface area contributed by atoms with Gasteiger partial charge in [-0.25, -0.2) is 0 Å². The molecule has 0 aliphatic heterocycles. The van der Waals surface area contributed by atoms with Crippen molar-refractivity contribution in [2.75, 3.05) is 0 Å². The normalized spacial score (nSPS) is 16.5. The van der Waals surface area contributed by atoms with Crippen molar-refractivity contribution in [3.05, 3.63) is 30.1 Å². The molecule has 2 nitrogen and oxygen atoms in total. The van der Waals surface area contributed by atoms with Gasteiger partial charge in [-0.05, 0) is 12.1 Å². The SMILES string of the molecule is Cl.O=C1CC(c2ccccn2)C1. The van der Waals surface area contributed by atoms with E-state index in [2.05, 4.69) is 4.98 Å². The highest BCUT2D eigenvalue weighted by Crippen LogP contribution is 2.31. The maximum atomic E-state index is 10.7. The molecule has 1 heterocycles. The maximum absolute atomic E-state index is 10.7. The largest absolute Gasteiger partial charge is 0.300 e. The molecular weight excluding hydrogens is 174 g/mol. The monoisotopic (exact) mass is 183 g/mol. The molecule has 0 spiro atoms. The van der Waals surface area contributed by atoms with E-state index in [0.717, 1.165) is 5.69 Å². The second kappa shape index (κ2) is 3.68. The number of ketones is 1. The molecule has 0 unspecified atom stereocenters. The number of rotatable bonds is 1. The Labute approximate surface area is 77.4 Å². The van der Waals surface area contributed by atoms with Crippen LogP contribution in [-0.4, -0.2) is 10.8 Å². The highest BCUT2D eigenvalue weighted by molar-refractivity contribution is 5.86. The van der Waals surface area contributed by atoms with E-state index >= 15 is 0 Å². The second-order valence-electron chi connectivity index (χ2n) is 2.90. The van der Waals surface area contributed by atoms with Crippen LogP contribution in [0.15, 0.2) is 24.4 Å². The Bertz CT molecular complexity index is 265. The smallest absolute Gasteiger partial charge is 0.134 e. The van der Waals surface area contributed by atoms with Crippen molar-refractivity contribution in [1.29, 1.82) is 0 Å². The molecule has 12 heavy (non-hydrogen) atoms.